The summed E-state index contributed by atoms with van der Waals surface area (Å²) in [6.07, 6.45) is 0. The zero-order chi connectivity index (χ0) is 13.3. The van der Waals surface area contributed by atoms with Crippen molar-refractivity contribution >= 4 is 27.5 Å². The Bertz CT molecular complexity index is 464. The SMILES string of the molecule is Cc1ccc(N2CC(C)NC(=O)C2CN)cc1Br. The summed E-state index contributed by atoms with van der Waals surface area (Å²) in [6, 6.07) is 5.98. The molecule has 0 aliphatic carbocycles. The topological polar surface area (TPSA) is 58.4 Å². The van der Waals surface area contributed by atoms with E-state index in [2.05, 4.69) is 26.1 Å². The van der Waals surface area contributed by atoms with Crippen molar-refractivity contribution in [1.82, 2.24) is 5.32 Å². The van der Waals surface area contributed by atoms with Crippen LogP contribution in [0.15, 0.2) is 22.7 Å². The standard InChI is InChI=1S/C13H18BrN3O/c1-8-3-4-10(5-11(8)14)17-7-9(2)16-13(18)12(17)6-15/h3-5,9,12H,6-7,15H2,1-2H3,(H,16,18). The molecule has 1 amide bonds. The van der Waals surface area contributed by atoms with Gasteiger partial charge < -0.3 is 16.0 Å². The monoisotopic (exact) mass is 311 g/mol. The zero-order valence-corrected chi connectivity index (χ0v) is 12.2. The van der Waals surface area contributed by atoms with Gasteiger partial charge in [-0.25, -0.2) is 0 Å². The summed E-state index contributed by atoms with van der Waals surface area (Å²) >= 11 is 3.53. The Morgan fingerprint density at radius 3 is 2.89 bits per heavy atom. The van der Waals surface area contributed by atoms with E-state index in [1.807, 2.05) is 32.0 Å². The van der Waals surface area contributed by atoms with Crippen LogP contribution in [0.5, 0.6) is 0 Å². The van der Waals surface area contributed by atoms with E-state index in [1.54, 1.807) is 0 Å². The Labute approximate surface area is 116 Å². The number of carbonyl (C=O) groups is 1. The summed E-state index contributed by atoms with van der Waals surface area (Å²) in [5.74, 6) is 0.00736. The predicted molar refractivity (Wildman–Crippen MR) is 76.7 cm³/mol. The third-order valence-corrected chi connectivity index (χ3v) is 4.10. The normalized spacial score (nSPS) is 24.0. The molecule has 1 aromatic carbocycles. The third kappa shape index (κ3) is 2.52. The molecule has 0 aromatic heterocycles. The van der Waals surface area contributed by atoms with Gasteiger partial charge in [0, 0.05) is 29.3 Å². The number of carbonyl (C=O) groups excluding carboxylic acids is 1. The van der Waals surface area contributed by atoms with E-state index in [0.717, 1.165) is 16.7 Å². The highest BCUT2D eigenvalue weighted by molar-refractivity contribution is 9.10. The summed E-state index contributed by atoms with van der Waals surface area (Å²) in [4.78, 5) is 14.0. The second-order valence-corrected chi connectivity index (χ2v) is 5.60. The summed E-state index contributed by atoms with van der Waals surface area (Å²) in [5, 5.41) is 2.93. The van der Waals surface area contributed by atoms with Gasteiger partial charge in [-0.2, -0.15) is 0 Å². The molecule has 2 atom stereocenters. The molecule has 0 bridgehead atoms. The second-order valence-electron chi connectivity index (χ2n) is 4.75. The van der Waals surface area contributed by atoms with Gasteiger partial charge >= 0.3 is 0 Å². The number of aryl methyl sites for hydroxylation is 1. The number of nitrogens with one attached hydrogen (secondary N) is 1. The molecule has 18 heavy (non-hydrogen) atoms. The van der Waals surface area contributed by atoms with Gasteiger partial charge in [0.1, 0.15) is 6.04 Å². The Morgan fingerprint density at radius 2 is 2.28 bits per heavy atom. The fourth-order valence-corrected chi connectivity index (χ4v) is 2.60. The first kappa shape index (κ1) is 13.4. The molecule has 3 N–H and O–H groups in total. The fraction of sp³-hybridized carbons (Fsp3) is 0.462. The molecule has 98 valence electrons. The van der Waals surface area contributed by atoms with Crippen LogP contribution in [-0.4, -0.2) is 31.1 Å². The molecule has 2 rings (SSSR count). The number of halogens is 1. The van der Waals surface area contributed by atoms with E-state index in [0.29, 0.717) is 6.54 Å². The molecule has 1 aliphatic heterocycles. The smallest absolute Gasteiger partial charge is 0.244 e. The predicted octanol–water partition coefficient (Wildman–Crippen LogP) is 1.41. The molecule has 5 heteroatoms. The van der Waals surface area contributed by atoms with Gasteiger partial charge in [0.15, 0.2) is 0 Å². The molecule has 1 aromatic rings. The lowest BCUT2D eigenvalue weighted by molar-refractivity contribution is -0.123. The molecule has 1 aliphatic rings. The molecule has 0 radical (unpaired) electrons. The van der Waals surface area contributed by atoms with E-state index < -0.39 is 0 Å². The molecule has 1 fully saturated rings. The van der Waals surface area contributed by atoms with Crippen molar-refractivity contribution < 1.29 is 4.79 Å². The summed E-state index contributed by atoms with van der Waals surface area (Å²) in [7, 11) is 0. The van der Waals surface area contributed by atoms with Gasteiger partial charge in [-0.1, -0.05) is 22.0 Å². The first-order chi connectivity index (χ1) is 8.52. The molecule has 0 saturated carbocycles. The van der Waals surface area contributed by atoms with Crippen LogP contribution < -0.4 is 16.0 Å². The highest BCUT2D eigenvalue weighted by Crippen LogP contribution is 2.26. The average molecular weight is 312 g/mol. The lowest BCUT2D eigenvalue weighted by Gasteiger charge is -2.39. The third-order valence-electron chi connectivity index (χ3n) is 3.25. The highest BCUT2D eigenvalue weighted by atomic mass is 79.9. The first-order valence-corrected chi connectivity index (χ1v) is 6.85. The van der Waals surface area contributed by atoms with Gasteiger partial charge in [0.25, 0.3) is 0 Å². The first-order valence-electron chi connectivity index (χ1n) is 6.06. The number of rotatable bonds is 2. The Hall–Kier alpha value is -1.07. The minimum absolute atomic E-state index is 0.00736. The summed E-state index contributed by atoms with van der Waals surface area (Å²) in [5.41, 5.74) is 7.93. The maximum atomic E-state index is 11.9. The second kappa shape index (κ2) is 5.28. The van der Waals surface area contributed by atoms with Crippen LogP contribution in [-0.2, 0) is 4.79 Å². The van der Waals surface area contributed by atoms with Crippen molar-refractivity contribution in [3.05, 3.63) is 28.2 Å². The maximum Gasteiger partial charge on any atom is 0.244 e. The van der Waals surface area contributed by atoms with Crippen molar-refractivity contribution in [3.8, 4) is 0 Å². The summed E-state index contributed by atoms with van der Waals surface area (Å²) in [6.45, 7) is 5.15. The van der Waals surface area contributed by atoms with Crippen LogP contribution >= 0.6 is 15.9 Å². The summed E-state index contributed by atoms with van der Waals surface area (Å²) < 4.78 is 1.05. The minimum Gasteiger partial charge on any atom is -0.356 e. The minimum atomic E-state index is -0.282. The quantitative estimate of drug-likeness (QED) is 0.868. The zero-order valence-electron chi connectivity index (χ0n) is 10.6. The van der Waals surface area contributed by atoms with Crippen molar-refractivity contribution in [1.29, 1.82) is 0 Å². The van der Waals surface area contributed by atoms with Gasteiger partial charge in [-0.3, -0.25) is 4.79 Å². The Morgan fingerprint density at radius 1 is 1.56 bits per heavy atom. The fourth-order valence-electron chi connectivity index (χ4n) is 2.23. The number of piperazine rings is 1. The lowest BCUT2D eigenvalue weighted by Crippen LogP contribution is -2.61. The van der Waals surface area contributed by atoms with Gasteiger partial charge in [0.05, 0.1) is 0 Å². The van der Waals surface area contributed by atoms with Crippen molar-refractivity contribution in [2.75, 3.05) is 18.0 Å². The molecule has 4 nitrogen and oxygen atoms in total. The van der Waals surface area contributed by atoms with Crippen LogP contribution in [0.3, 0.4) is 0 Å². The van der Waals surface area contributed by atoms with Gasteiger partial charge in [0.2, 0.25) is 5.91 Å². The maximum absolute atomic E-state index is 11.9. The van der Waals surface area contributed by atoms with E-state index in [9.17, 15) is 4.79 Å². The molecule has 0 spiro atoms. The Kier molecular flexibility index (Phi) is 3.92. The van der Waals surface area contributed by atoms with Crippen LogP contribution in [0, 0.1) is 6.92 Å². The van der Waals surface area contributed by atoms with Gasteiger partial charge in [-0.05, 0) is 31.5 Å². The number of nitrogens with zero attached hydrogens (tertiary/aromatic N) is 1. The number of nitrogens with two attached hydrogens (primary N) is 1. The molecule has 2 unspecified atom stereocenters. The number of benzene rings is 1. The highest BCUT2D eigenvalue weighted by Gasteiger charge is 2.31. The number of anilines is 1. The van der Waals surface area contributed by atoms with E-state index in [-0.39, 0.29) is 18.0 Å². The van der Waals surface area contributed by atoms with Crippen LogP contribution in [0.1, 0.15) is 12.5 Å². The van der Waals surface area contributed by atoms with Crippen LogP contribution in [0.4, 0.5) is 5.69 Å². The number of hydrogen-bond acceptors (Lipinski definition) is 3. The van der Waals surface area contributed by atoms with Gasteiger partial charge in [-0.15, -0.1) is 0 Å². The van der Waals surface area contributed by atoms with Crippen molar-refractivity contribution in [3.63, 3.8) is 0 Å². The van der Waals surface area contributed by atoms with E-state index >= 15 is 0 Å². The van der Waals surface area contributed by atoms with Crippen molar-refractivity contribution in [2.45, 2.75) is 25.9 Å². The van der Waals surface area contributed by atoms with Crippen LogP contribution in [0.2, 0.25) is 0 Å². The average Bonchev–Trinajstić information content (AvgIpc) is 2.32. The molecular weight excluding hydrogens is 294 g/mol. The number of amides is 1. The van der Waals surface area contributed by atoms with E-state index in [1.165, 1.54) is 5.56 Å². The molecular formula is C13H18BrN3O. The molecule has 1 saturated heterocycles. The van der Waals surface area contributed by atoms with Crippen molar-refractivity contribution in [2.24, 2.45) is 5.73 Å². The number of hydrogen-bond donors (Lipinski definition) is 2. The lowest BCUT2D eigenvalue weighted by atomic mass is 10.1. The largest absolute Gasteiger partial charge is 0.356 e. The molecule has 1 heterocycles. The van der Waals surface area contributed by atoms with Crippen LogP contribution in [0.25, 0.3) is 0 Å². The van der Waals surface area contributed by atoms with E-state index in [4.69, 9.17) is 5.73 Å². The Balaban J connectivity index is 2.33.